The molecule has 2 amide bonds. The van der Waals surface area contributed by atoms with Gasteiger partial charge in [0, 0.05) is 18.8 Å². The average Bonchev–Trinajstić information content (AvgIpc) is 2.36. The first-order valence-corrected chi connectivity index (χ1v) is 5.46. The third kappa shape index (κ3) is 3.27. The smallest absolute Gasteiger partial charge is 0.256 e. The highest BCUT2D eigenvalue weighted by atomic mass is 16.5. The molecular formula is C12H17N3O4. The normalized spacial score (nSPS) is 9.84. The van der Waals surface area contributed by atoms with Gasteiger partial charge >= 0.3 is 0 Å². The quantitative estimate of drug-likeness (QED) is 0.721. The summed E-state index contributed by atoms with van der Waals surface area (Å²) in [6.07, 6.45) is 0. The molecule has 19 heavy (non-hydrogen) atoms. The Morgan fingerprint density at radius 2 is 1.74 bits per heavy atom. The van der Waals surface area contributed by atoms with Crippen molar-refractivity contribution >= 4 is 17.5 Å². The van der Waals surface area contributed by atoms with Gasteiger partial charge in [0.25, 0.3) is 5.91 Å². The number of carbonyl (C=O) groups is 2. The van der Waals surface area contributed by atoms with E-state index in [1.807, 2.05) is 0 Å². The van der Waals surface area contributed by atoms with E-state index in [2.05, 4.69) is 0 Å². The predicted molar refractivity (Wildman–Crippen MR) is 70.1 cm³/mol. The second-order valence-corrected chi connectivity index (χ2v) is 3.92. The van der Waals surface area contributed by atoms with Gasteiger partial charge in [-0.25, -0.2) is 0 Å². The summed E-state index contributed by atoms with van der Waals surface area (Å²) in [7, 11) is 4.39. The summed E-state index contributed by atoms with van der Waals surface area (Å²) in [4.78, 5) is 24.1. The minimum atomic E-state index is -0.602. The molecule has 0 heterocycles. The molecule has 4 N–H and O–H groups in total. The maximum atomic E-state index is 12.1. The summed E-state index contributed by atoms with van der Waals surface area (Å²) in [6.45, 7) is -0.188. The van der Waals surface area contributed by atoms with Crippen LogP contribution in [0.4, 0.5) is 5.69 Å². The monoisotopic (exact) mass is 267 g/mol. The number of anilines is 1. The molecule has 1 aromatic carbocycles. The van der Waals surface area contributed by atoms with Crippen LogP contribution in [0.1, 0.15) is 10.4 Å². The molecule has 104 valence electrons. The number of rotatable bonds is 5. The standard InChI is InChI=1S/C12H17N3O4/c1-15(6-11(14)16)12(17)7-4-9(18-2)10(19-3)5-8(7)13/h4-5H,6,13H2,1-3H3,(H2,14,16). The Bertz CT molecular complexity index is 502. The van der Waals surface area contributed by atoms with Crippen LogP contribution in [0.2, 0.25) is 0 Å². The lowest BCUT2D eigenvalue weighted by Crippen LogP contribution is -2.35. The van der Waals surface area contributed by atoms with E-state index in [1.165, 1.54) is 38.3 Å². The molecule has 0 spiro atoms. The van der Waals surface area contributed by atoms with Crippen LogP contribution in [-0.2, 0) is 4.79 Å². The van der Waals surface area contributed by atoms with Gasteiger partial charge in [0.1, 0.15) is 0 Å². The van der Waals surface area contributed by atoms with Crippen LogP contribution < -0.4 is 20.9 Å². The van der Waals surface area contributed by atoms with Crippen LogP contribution in [0.5, 0.6) is 11.5 Å². The van der Waals surface area contributed by atoms with Crippen molar-refractivity contribution in [2.75, 3.05) is 33.5 Å². The zero-order chi connectivity index (χ0) is 14.6. The van der Waals surface area contributed by atoms with E-state index < -0.39 is 11.8 Å². The maximum Gasteiger partial charge on any atom is 0.256 e. The predicted octanol–water partition coefficient (Wildman–Crippen LogP) is -0.157. The maximum absolute atomic E-state index is 12.1. The van der Waals surface area contributed by atoms with Crippen LogP contribution in [0.25, 0.3) is 0 Å². The lowest BCUT2D eigenvalue weighted by Gasteiger charge is -2.18. The molecule has 1 rings (SSSR count). The minimum absolute atomic E-state index is 0.188. The fourth-order valence-corrected chi connectivity index (χ4v) is 1.59. The molecule has 0 fully saturated rings. The van der Waals surface area contributed by atoms with Gasteiger partial charge in [-0.3, -0.25) is 9.59 Å². The van der Waals surface area contributed by atoms with Crippen molar-refractivity contribution in [1.29, 1.82) is 0 Å². The van der Waals surface area contributed by atoms with Gasteiger partial charge in [-0.15, -0.1) is 0 Å². The number of hydrogen-bond acceptors (Lipinski definition) is 5. The zero-order valence-electron chi connectivity index (χ0n) is 11.1. The van der Waals surface area contributed by atoms with E-state index in [0.717, 1.165) is 0 Å². The Balaban J connectivity index is 3.13. The number of nitrogens with two attached hydrogens (primary N) is 2. The average molecular weight is 267 g/mol. The lowest BCUT2D eigenvalue weighted by molar-refractivity contribution is -0.118. The van der Waals surface area contributed by atoms with Crippen molar-refractivity contribution in [1.82, 2.24) is 4.90 Å². The molecule has 0 bridgehead atoms. The molecule has 0 aromatic heterocycles. The number of hydrogen-bond donors (Lipinski definition) is 2. The SMILES string of the molecule is COc1cc(N)c(C(=O)N(C)CC(N)=O)cc1OC. The van der Waals surface area contributed by atoms with Crippen LogP contribution in [-0.4, -0.2) is 44.5 Å². The van der Waals surface area contributed by atoms with Gasteiger partial charge < -0.3 is 25.8 Å². The number of likely N-dealkylation sites (N-methyl/N-ethyl adjacent to an activating group) is 1. The number of ether oxygens (including phenoxy) is 2. The minimum Gasteiger partial charge on any atom is -0.493 e. The number of benzene rings is 1. The highest BCUT2D eigenvalue weighted by molar-refractivity contribution is 6.01. The fraction of sp³-hybridized carbons (Fsp3) is 0.333. The lowest BCUT2D eigenvalue weighted by atomic mass is 10.1. The zero-order valence-corrected chi connectivity index (χ0v) is 11.1. The number of methoxy groups -OCH3 is 2. The van der Waals surface area contributed by atoms with E-state index >= 15 is 0 Å². The third-order valence-corrected chi connectivity index (χ3v) is 2.53. The first-order valence-electron chi connectivity index (χ1n) is 5.46. The van der Waals surface area contributed by atoms with Crippen LogP contribution in [0.3, 0.4) is 0 Å². The number of nitrogen functional groups attached to an aromatic ring is 1. The van der Waals surface area contributed by atoms with Crippen LogP contribution in [0.15, 0.2) is 12.1 Å². The second kappa shape index (κ2) is 5.94. The molecule has 7 nitrogen and oxygen atoms in total. The fourth-order valence-electron chi connectivity index (χ4n) is 1.59. The van der Waals surface area contributed by atoms with Gasteiger partial charge in [0.05, 0.1) is 26.3 Å². The molecular weight excluding hydrogens is 250 g/mol. The van der Waals surface area contributed by atoms with Gasteiger partial charge in [0.15, 0.2) is 11.5 Å². The Morgan fingerprint density at radius 1 is 1.21 bits per heavy atom. The van der Waals surface area contributed by atoms with Crippen molar-refractivity contribution in [2.45, 2.75) is 0 Å². The highest BCUT2D eigenvalue weighted by Crippen LogP contribution is 2.32. The van der Waals surface area contributed by atoms with E-state index in [1.54, 1.807) is 0 Å². The van der Waals surface area contributed by atoms with E-state index in [0.29, 0.717) is 11.5 Å². The molecule has 0 saturated heterocycles. The number of primary amides is 1. The van der Waals surface area contributed by atoms with Crippen LogP contribution >= 0.6 is 0 Å². The number of amides is 2. The number of carbonyl (C=O) groups excluding carboxylic acids is 2. The van der Waals surface area contributed by atoms with Gasteiger partial charge in [0.2, 0.25) is 5.91 Å². The Kier molecular flexibility index (Phi) is 4.57. The largest absolute Gasteiger partial charge is 0.493 e. The first kappa shape index (κ1) is 14.6. The van der Waals surface area contributed by atoms with Crippen molar-refractivity contribution in [2.24, 2.45) is 5.73 Å². The van der Waals surface area contributed by atoms with E-state index in [-0.39, 0.29) is 17.8 Å². The van der Waals surface area contributed by atoms with E-state index in [4.69, 9.17) is 20.9 Å². The Hall–Kier alpha value is -2.44. The van der Waals surface area contributed by atoms with Crippen molar-refractivity contribution < 1.29 is 19.1 Å². The van der Waals surface area contributed by atoms with E-state index in [9.17, 15) is 9.59 Å². The third-order valence-electron chi connectivity index (χ3n) is 2.53. The molecule has 0 atom stereocenters. The summed E-state index contributed by atoms with van der Waals surface area (Å²) in [5, 5.41) is 0. The van der Waals surface area contributed by atoms with Gasteiger partial charge in [-0.05, 0) is 6.07 Å². The van der Waals surface area contributed by atoms with Gasteiger partial charge in [-0.2, -0.15) is 0 Å². The van der Waals surface area contributed by atoms with Crippen molar-refractivity contribution in [3.8, 4) is 11.5 Å². The molecule has 0 aliphatic carbocycles. The molecule has 0 unspecified atom stereocenters. The summed E-state index contributed by atoms with van der Waals surface area (Å²) in [5.41, 5.74) is 11.3. The topological polar surface area (TPSA) is 108 Å². The summed E-state index contributed by atoms with van der Waals surface area (Å²) < 4.78 is 10.2. The molecule has 0 aliphatic rings. The second-order valence-electron chi connectivity index (χ2n) is 3.92. The summed E-state index contributed by atoms with van der Waals surface area (Å²) in [6, 6.07) is 2.96. The van der Waals surface area contributed by atoms with Gasteiger partial charge in [-0.1, -0.05) is 0 Å². The van der Waals surface area contributed by atoms with Crippen molar-refractivity contribution in [3.05, 3.63) is 17.7 Å². The summed E-state index contributed by atoms with van der Waals surface area (Å²) >= 11 is 0. The molecule has 7 heteroatoms. The number of nitrogens with zero attached hydrogens (tertiary/aromatic N) is 1. The van der Waals surface area contributed by atoms with Crippen LogP contribution in [0, 0.1) is 0 Å². The van der Waals surface area contributed by atoms with Crippen molar-refractivity contribution in [3.63, 3.8) is 0 Å². The Morgan fingerprint density at radius 3 is 2.21 bits per heavy atom. The first-order chi connectivity index (χ1) is 8.90. The molecule has 0 saturated carbocycles. The molecule has 1 aromatic rings. The highest BCUT2D eigenvalue weighted by Gasteiger charge is 2.19. The Labute approximate surface area is 111 Å². The molecule has 0 radical (unpaired) electrons. The molecule has 0 aliphatic heterocycles. The summed E-state index contributed by atoms with van der Waals surface area (Å²) in [5.74, 6) is -0.214.